The number of aliphatic hydroxyl groups is 1. The zero-order chi connectivity index (χ0) is 17.5. The Balaban J connectivity index is 0.00000312. The van der Waals surface area contributed by atoms with Crippen molar-refractivity contribution in [3.63, 3.8) is 0 Å². The number of nitrogens with zero attached hydrogens (tertiary/aromatic N) is 1. The molecule has 25 heavy (non-hydrogen) atoms. The van der Waals surface area contributed by atoms with Crippen LogP contribution in [0.2, 0.25) is 0 Å². The average molecular weight is 481 g/mol. The smallest absolute Gasteiger partial charge is 0.191 e. The number of rotatable bonds is 8. The van der Waals surface area contributed by atoms with Crippen LogP contribution in [0.3, 0.4) is 0 Å². The number of hydrogen-bond acceptors (Lipinski definition) is 4. The van der Waals surface area contributed by atoms with Gasteiger partial charge >= 0.3 is 0 Å². The van der Waals surface area contributed by atoms with Gasteiger partial charge in [0.25, 0.3) is 0 Å². The van der Waals surface area contributed by atoms with Crippen LogP contribution in [0.25, 0.3) is 0 Å². The zero-order valence-electron chi connectivity index (χ0n) is 15.5. The highest BCUT2D eigenvalue weighted by atomic mass is 127. The first-order valence-electron chi connectivity index (χ1n) is 8.76. The summed E-state index contributed by atoms with van der Waals surface area (Å²) in [4.78, 5) is 6.14. The number of ether oxygens (including phenoxy) is 1. The first-order chi connectivity index (χ1) is 11.5. The highest BCUT2D eigenvalue weighted by Gasteiger charge is 2.34. The minimum Gasteiger partial charge on any atom is -0.396 e. The second kappa shape index (κ2) is 10.7. The SMILES string of the molecule is CCNC(=NCC(C)(C)c1cccs1)NCC1(CCO)CCOC1.I. The average Bonchev–Trinajstić information content (AvgIpc) is 3.23. The Morgan fingerprint density at radius 3 is 2.80 bits per heavy atom. The Morgan fingerprint density at radius 2 is 2.24 bits per heavy atom. The van der Waals surface area contributed by atoms with Gasteiger partial charge in [-0.3, -0.25) is 4.99 Å². The van der Waals surface area contributed by atoms with Crippen LogP contribution in [0.15, 0.2) is 22.5 Å². The highest BCUT2D eigenvalue weighted by Crippen LogP contribution is 2.31. The van der Waals surface area contributed by atoms with E-state index in [2.05, 4.69) is 48.9 Å². The maximum atomic E-state index is 9.35. The lowest BCUT2D eigenvalue weighted by molar-refractivity contribution is 0.127. The van der Waals surface area contributed by atoms with E-state index >= 15 is 0 Å². The molecule has 7 heteroatoms. The maximum absolute atomic E-state index is 9.35. The van der Waals surface area contributed by atoms with Crippen molar-refractivity contribution in [3.8, 4) is 0 Å². The van der Waals surface area contributed by atoms with E-state index in [9.17, 15) is 5.11 Å². The minimum atomic E-state index is 0. The lowest BCUT2D eigenvalue weighted by atomic mass is 9.84. The van der Waals surface area contributed by atoms with E-state index < -0.39 is 0 Å². The van der Waals surface area contributed by atoms with Gasteiger partial charge in [0.2, 0.25) is 0 Å². The summed E-state index contributed by atoms with van der Waals surface area (Å²) in [5.74, 6) is 0.839. The molecule has 0 bridgehead atoms. The Hall–Kier alpha value is -0.380. The molecule has 0 amide bonds. The lowest BCUT2D eigenvalue weighted by Crippen LogP contribution is -2.45. The first kappa shape index (κ1) is 22.7. The Labute approximate surface area is 172 Å². The molecule has 1 aliphatic heterocycles. The molecule has 1 unspecified atom stereocenters. The summed E-state index contributed by atoms with van der Waals surface area (Å²) in [5, 5.41) is 18.2. The van der Waals surface area contributed by atoms with Gasteiger partial charge in [0.05, 0.1) is 13.2 Å². The summed E-state index contributed by atoms with van der Waals surface area (Å²) in [6, 6.07) is 4.26. The van der Waals surface area contributed by atoms with Gasteiger partial charge in [0.15, 0.2) is 5.96 Å². The number of thiophene rings is 1. The fourth-order valence-electron chi connectivity index (χ4n) is 2.94. The van der Waals surface area contributed by atoms with Gasteiger partial charge in [-0.25, -0.2) is 0 Å². The Morgan fingerprint density at radius 1 is 1.44 bits per heavy atom. The molecule has 1 fully saturated rings. The number of nitrogens with one attached hydrogen (secondary N) is 2. The second-order valence-electron chi connectivity index (χ2n) is 7.19. The minimum absolute atomic E-state index is 0. The van der Waals surface area contributed by atoms with Crippen LogP contribution in [0.5, 0.6) is 0 Å². The van der Waals surface area contributed by atoms with Gasteiger partial charge < -0.3 is 20.5 Å². The van der Waals surface area contributed by atoms with Crippen molar-refractivity contribution in [2.24, 2.45) is 10.4 Å². The van der Waals surface area contributed by atoms with Crippen molar-refractivity contribution >= 4 is 41.3 Å². The normalized spacial score (nSPS) is 21.0. The summed E-state index contributed by atoms with van der Waals surface area (Å²) in [6.07, 6.45) is 1.75. The van der Waals surface area contributed by atoms with E-state index in [-0.39, 0.29) is 41.4 Å². The molecule has 1 aromatic rings. The number of aliphatic hydroxyl groups excluding tert-OH is 1. The summed E-state index contributed by atoms with van der Waals surface area (Å²) >= 11 is 1.78. The topological polar surface area (TPSA) is 65.9 Å². The van der Waals surface area contributed by atoms with Crippen molar-refractivity contribution in [1.29, 1.82) is 0 Å². The molecule has 3 N–H and O–H groups in total. The molecule has 0 radical (unpaired) electrons. The van der Waals surface area contributed by atoms with Gasteiger partial charge in [0.1, 0.15) is 0 Å². The van der Waals surface area contributed by atoms with E-state index in [0.29, 0.717) is 6.61 Å². The van der Waals surface area contributed by atoms with Gasteiger partial charge in [-0.15, -0.1) is 35.3 Å². The van der Waals surface area contributed by atoms with Crippen LogP contribution in [-0.4, -0.2) is 50.5 Å². The highest BCUT2D eigenvalue weighted by molar-refractivity contribution is 14.0. The third-order valence-electron chi connectivity index (χ3n) is 4.62. The van der Waals surface area contributed by atoms with Gasteiger partial charge in [0, 0.05) is 42.0 Å². The molecule has 144 valence electrons. The predicted octanol–water partition coefficient (Wildman–Crippen LogP) is 2.99. The molecule has 2 rings (SSSR count). The molecule has 0 aliphatic carbocycles. The zero-order valence-corrected chi connectivity index (χ0v) is 18.7. The van der Waals surface area contributed by atoms with Crippen molar-refractivity contribution in [3.05, 3.63) is 22.4 Å². The second-order valence-corrected chi connectivity index (χ2v) is 8.13. The molecule has 0 spiro atoms. The van der Waals surface area contributed by atoms with Crippen LogP contribution in [-0.2, 0) is 10.2 Å². The summed E-state index contributed by atoms with van der Waals surface area (Å²) in [5.41, 5.74) is 0.0456. The van der Waals surface area contributed by atoms with Crippen molar-refractivity contribution in [1.82, 2.24) is 10.6 Å². The number of halogens is 1. The number of hydrogen-bond donors (Lipinski definition) is 3. The quantitative estimate of drug-likeness (QED) is 0.304. The van der Waals surface area contributed by atoms with Crippen LogP contribution in [0, 0.1) is 5.41 Å². The molecule has 2 heterocycles. The number of aliphatic imine (C=N–C) groups is 1. The molecule has 0 saturated carbocycles. The molecular weight excluding hydrogens is 449 g/mol. The molecule has 1 aromatic heterocycles. The van der Waals surface area contributed by atoms with Crippen molar-refractivity contribution in [2.75, 3.05) is 39.5 Å². The van der Waals surface area contributed by atoms with Crippen LogP contribution < -0.4 is 10.6 Å². The van der Waals surface area contributed by atoms with Crippen LogP contribution in [0.1, 0.15) is 38.5 Å². The summed E-state index contributed by atoms with van der Waals surface area (Å²) in [7, 11) is 0. The van der Waals surface area contributed by atoms with Crippen LogP contribution >= 0.6 is 35.3 Å². The van der Waals surface area contributed by atoms with Crippen molar-refractivity contribution in [2.45, 2.75) is 39.0 Å². The van der Waals surface area contributed by atoms with E-state index in [1.165, 1.54) is 4.88 Å². The molecule has 1 saturated heterocycles. The Bertz CT molecular complexity index is 514. The largest absolute Gasteiger partial charge is 0.396 e. The number of guanidine groups is 1. The van der Waals surface area contributed by atoms with E-state index in [1.54, 1.807) is 11.3 Å². The molecule has 0 aromatic carbocycles. The Kier molecular flexibility index (Phi) is 9.69. The van der Waals surface area contributed by atoms with Crippen LogP contribution in [0.4, 0.5) is 0 Å². The van der Waals surface area contributed by atoms with Gasteiger partial charge in [-0.05, 0) is 31.2 Å². The molecule has 5 nitrogen and oxygen atoms in total. The fourth-order valence-corrected chi connectivity index (χ4v) is 3.79. The molecule has 1 aliphatic rings. The summed E-state index contributed by atoms with van der Waals surface area (Å²) < 4.78 is 5.56. The standard InChI is InChI=1S/C18H31N3O2S.HI/c1-4-19-16(20-12-17(2,3)15-6-5-11-24-15)21-13-18(7-9-22)8-10-23-14-18;/h5-6,11,22H,4,7-10,12-14H2,1-3H3,(H2,19,20,21);1H. The predicted molar refractivity (Wildman–Crippen MR) is 116 cm³/mol. The fraction of sp³-hybridized carbons (Fsp3) is 0.722. The monoisotopic (exact) mass is 481 g/mol. The third-order valence-corrected chi connectivity index (χ3v) is 5.86. The maximum Gasteiger partial charge on any atom is 0.191 e. The third kappa shape index (κ3) is 6.69. The van der Waals surface area contributed by atoms with E-state index in [0.717, 1.165) is 45.0 Å². The van der Waals surface area contributed by atoms with E-state index in [4.69, 9.17) is 9.73 Å². The van der Waals surface area contributed by atoms with E-state index in [1.807, 2.05) is 0 Å². The molecule has 1 atom stereocenters. The van der Waals surface area contributed by atoms with Gasteiger partial charge in [-0.1, -0.05) is 19.9 Å². The van der Waals surface area contributed by atoms with Gasteiger partial charge in [-0.2, -0.15) is 0 Å². The lowest BCUT2D eigenvalue weighted by Gasteiger charge is -2.28. The summed E-state index contributed by atoms with van der Waals surface area (Å²) in [6.45, 7) is 10.5. The molecular formula is C18H32IN3O2S. The first-order valence-corrected chi connectivity index (χ1v) is 9.64. The van der Waals surface area contributed by atoms with Crippen molar-refractivity contribution < 1.29 is 9.84 Å².